The molecule has 4 heterocycles. The molecule has 7 heteroatoms. The number of aromatic amines is 1. The molecule has 3 aromatic rings. The minimum atomic E-state index is 0.928. The largest absolute Gasteiger partial charge is 0.354 e. The van der Waals surface area contributed by atoms with Crippen molar-refractivity contribution in [1.29, 1.82) is 0 Å². The molecule has 5 rings (SSSR count). The molecule has 2 fully saturated rings. The van der Waals surface area contributed by atoms with Crippen LogP contribution in [0.2, 0.25) is 0 Å². The molecule has 2 aliphatic heterocycles. The Balaban J connectivity index is 1.58. The van der Waals surface area contributed by atoms with Crippen LogP contribution in [-0.4, -0.2) is 59.4 Å². The zero-order valence-corrected chi connectivity index (χ0v) is 16.4. The Morgan fingerprint density at radius 2 is 1.75 bits per heavy atom. The predicted molar refractivity (Wildman–Crippen MR) is 113 cm³/mol. The average molecular weight is 377 g/mol. The van der Waals surface area contributed by atoms with Gasteiger partial charge in [0.1, 0.15) is 0 Å². The first-order valence-electron chi connectivity index (χ1n) is 10.3. The molecule has 2 N–H and O–H groups in total. The maximum absolute atomic E-state index is 5.14. The third kappa shape index (κ3) is 3.20. The van der Waals surface area contributed by atoms with Crippen LogP contribution in [-0.2, 0) is 0 Å². The quantitative estimate of drug-likeness (QED) is 0.731. The number of rotatable bonds is 3. The molecule has 28 heavy (non-hydrogen) atoms. The van der Waals surface area contributed by atoms with E-state index in [9.17, 15) is 0 Å². The van der Waals surface area contributed by atoms with Gasteiger partial charge >= 0.3 is 0 Å². The van der Waals surface area contributed by atoms with Crippen molar-refractivity contribution in [3.63, 3.8) is 0 Å². The Hall–Kier alpha value is -2.67. The highest BCUT2D eigenvalue weighted by Gasteiger charge is 2.23. The molecule has 1 aromatic carbocycles. The van der Waals surface area contributed by atoms with Crippen LogP contribution in [0.15, 0.2) is 24.4 Å². The Morgan fingerprint density at radius 1 is 0.929 bits per heavy atom. The lowest BCUT2D eigenvalue weighted by molar-refractivity contribution is 0.724. The summed E-state index contributed by atoms with van der Waals surface area (Å²) in [5, 5.41) is 12.0. The lowest BCUT2D eigenvalue weighted by atomic mass is 10.1. The number of nitrogens with zero attached hydrogens (tertiary/aromatic N) is 5. The van der Waals surface area contributed by atoms with Crippen LogP contribution in [0.4, 0.5) is 11.6 Å². The maximum atomic E-state index is 5.14. The summed E-state index contributed by atoms with van der Waals surface area (Å²) in [7, 11) is 0. The Labute approximate surface area is 165 Å². The monoisotopic (exact) mass is 377 g/mol. The van der Waals surface area contributed by atoms with Crippen LogP contribution >= 0.6 is 0 Å². The van der Waals surface area contributed by atoms with E-state index in [-0.39, 0.29) is 0 Å². The first-order valence-corrected chi connectivity index (χ1v) is 10.3. The van der Waals surface area contributed by atoms with Gasteiger partial charge in [-0.15, -0.1) is 0 Å². The number of benzene rings is 1. The normalized spacial score (nSPS) is 18.0. The van der Waals surface area contributed by atoms with E-state index in [1.54, 1.807) is 0 Å². The molecule has 0 amide bonds. The van der Waals surface area contributed by atoms with Crippen molar-refractivity contribution in [1.82, 2.24) is 25.5 Å². The zero-order valence-electron chi connectivity index (χ0n) is 16.4. The van der Waals surface area contributed by atoms with Gasteiger partial charge in [0.05, 0.1) is 23.1 Å². The second-order valence-electron chi connectivity index (χ2n) is 7.76. The van der Waals surface area contributed by atoms with Crippen molar-refractivity contribution in [3.8, 4) is 11.3 Å². The Bertz CT molecular complexity index is 966. The van der Waals surface area contributed by atoms with Gasteiger partial charge < -0.3 is 15.1 Å². The molecular weight excluding hydrogens is 350 g/mol. The van der Waals surface area contributed by atoms with Crippen LogP contribution in [0.5, 0.6) is 0 Å². The van der Waals surface area contributed by atoms with Crippen molar-refractivity contribution in [2.24, 2.45) is 0 Å². The number of H-pyrrole nitrogens is 1. The molecule has 0 aliphatic carbocycles. The minimum Gasteiger partial charge on any atom is -0.354 e. The van der Waals surface area contributed by atoms with Crippen molar-refractivity contribution in [2.45, 2.75) is 26.2 Å². The van der Waals surface area contributed by atoms with Gasteiger partial charge in [-0.3, -0.25) is 5.10 Å². The van der Waals surface area contributed by atoms with E-state index in [4.69, 9.17) is 9.97 Å². The van der Waals surface area contributed by atoms with Gasteiger partial charge in [0.15, 0.2) is 11.6 Å². The SMILES string of the molecule is Cc1n[nH]c2ccc(-c3cnc(N4CCCC4)c(N4CCCNCC4)n3)cc12. The van der Waals surface area contributed by atoms with Gasteiger partial charge in [-0.05, 0) is 44.9 Å². The third-order valence-electron chi connectivity index (χ3n) is 5.83. The molecule has 2 aliphatic rings. The second kappa shape index (κ2) is 7.39. The average Bonchev–Trinajstić information content (AvgIpc) is 3.30. The summed E-state index contributed by atoms with van der Waals surface area (Å²) < 4.78 is 0. The van der Waals surface area contributed by atoms with Crippen LogP contribution in [0.25, 0.3) is 22.2 Å². The number of aryl methyl sites for hydroxylation is 1. The number of nitrogens with one attached hydrogen (secondary N) is 2. The predicted octanol–water partition coefficient (Wildman–Crippen LogP) is 2.73. The van der Waals surface area contributed by atoms with Gasteiger partial charge in [0.2, 0.25) is 0 Å². The summed E-state index contributed by atoms with van der Waals surface area (Å²) >= 11 is 0. The van der Waals surface area contributed by atoms with Crippen LogP contribution in [0, 0.1) is 6.92 Å². The molecular formula is C21H27N7. The second-order valence-corrected chi connectivity index (χ2v) is 7.76. The molecule has 0 unspecified atom stereocenters. The first kappa shape index (κ1) is 17.4. The number of aromatic nitrogens is 4. The van der Waals surface area contributed by atoms with Crippen molar-refractivity contribution >= 4 is 22.5 Å². The molecule has 0 spiro atoms. The molecule has 146 valence electrons. The summed E-state index contributed by atoms with van der Waals surface area (Å²) in [6, 6.07) is 6.35. The highest BCUT2D eigenvalue weighted by atomic mass is 15.3. The Kier molecular flexibility index (Phi) is 4.60. The summed E-state index contributed by atoms with van der Waals surface area (Å²) in [4.78, 5) is 14.9. The highest BCUT2D eigenvalue weighted by molar-refractivity contribution is 5.86. The van der Waals surface area contributed by atoms with E-state index in [0.29, 0.717) is 0 Å². The van der Waals surface area contributed by atoms with E-state index in [2.05, 4.69) is 43.5 Å². The van der Waals surface area contributed by atoms with Gasteiger partial charge in [-0.1, -0.05) is 6.07 Å². The third-order valence-corrected chi connectivity index (χ3v) is 5.83. The summed E-state index contributed by atoms with van der Waals surface area (Å²) in [6.07, 6.45) is 5.54. The van der Waals surface area contributed by atoms with E-state index in [0.717, 1.165) is 85.2 Å². The fourth-order valence-electron chi connectivity index (χ4n) is 4.24. The standard InChI is InChI=1S/C21H27N7/c1-15-17-13-16(5-6-18(17)26-25-15)19-14-23-20(27-9-2-3-10-27)21(24-19)28-11-4-7-22-8-12-28/h5-6,13-14,22H,2-4,7-12H2,1H3,(H,25,26). The lowest BCUT2D eigenvalue weighted by Crippen LogP contribution is -2.31. The molecule has 0 radical (unpaired) electrons. The van der Waals surface area contributed by atoms with Gasteiger partial charge in [0, 0.05) is 43.7 Å². The fourth-order valence-corrected chi connectivity index (χ4v) is 4.24. The smallest absolute Gasteiger partial charge is 0.172 e. The molecule has 0 bridgehead atoms. The maximum Gasteiger partial charge on any atom is 0.172 e. The summed E-state index contributed by atoms with van der Waals surface area (Å²) in [5.41, 5.74) is 4.09. The lowest BCUT2D eigenvalue weighted by Gasteiger charge is -2.27. The van der Waals surface area contributed by atoms with Crippen LogP contribution in [0.3, 0.4) is 0 Å². The van der Waals surface area contributed by atoms with E-state index in [1.165, 1.54) is 12.8 Å². The summed E-state index contributed by atoms with van der Waals surface area (Å²) in [6.45, 7) is 8.23. The number of hydrogen-bond donors (Lipinski definition) is 2. The van der Waals surface area contributed by atoms with Crippen molar-refractivity contribution < 1.29 is 0 Å². The molecule has 2 saturated heterocycles. The highest BCUT2D eigenvalue weighted by Crippen LogP contribution is 2.32. The molecule has 0 atom stereocenters. The van der Waals surface area contributed by atoms with Gasteiger partial charge in [-0.25, -0.2) is 9.97 Å². The number of anilines is 2. The van der Waals surface area contributed by atoms with Gasteiger partial charge in [0.25, 0.3) is 0 Å². The number of fused-ring (bicyclic) bond motifs is 1. The first-order chi connectivity index (χ1) is 13.8. The number of hydrogen-bond acceptors (Lipinski definition) is 6. The minimum absolute atomic E-state index is 0.928. The van der Waals surface area contributed by atoms with E-state index < -0.39 is 0 Å². The van der Waals surface area contributed by atoms with Crippen molar-refractivity contribution in [3.05, 3.63) is 30.1 Å². The van der Waals surface area contributed by atoms with Gasteiger partial charge in [-0.2, -0.15) is 5.10 Å². The molecule has 7 nitrogen and oxygen atoms in total. The topological polar surface area (TPSA) is 73.0 Å². The molecule has 2 aromatic heterocycles. The zero-order chi connectivity index (χ0) is 18.9. The van der Waals surface area contributed by atoms with Crippen LogP contribution < -0.4 is 15.1 Å². The van der Waals surface area contributed by atoms with E-state index >= 15 is 0 Å². The molecule has 0 saturated carbocycles. The fraction of sp³-hybridized carbons (Fsp3) is 0.476. The summed E-state index contributed by atoms with van der Waals surface area (Å²) in [5.74, 6) is 2.08. The van der Waals surface area contributed by atoms with Crippen LogP contribution in [0.1, 0.15) is 25.0 Å². The Morgan fingerprint density at radius 3 is 2.64 bits per heavy atom. The van der Waals surface area contributed by atoms with E-state index in [1.807, 2.05) is 13.1 Å². The van der Waals surface area contributed by atoms with Crippen molar-refractivity contribution in [2.75, 3.05) is 49.1 Å².